The lowest BCUT2D eigenvalue weighted by Crippen LogP contribution is -2.32. The summed E-state index contributed by atoms with van der Waals surface area (Å²) in [5, 5.41) is 5.91. The Balaban J connectivity index is 1.49. The second-order valence-corrected chi connectivity index (χ2v) is 8.37. The number of sulfonamides is 1. The van der Waals surface area contributed by atoms with E-state index in [2.05, 4.69) is 15.1 Å². The van der Waals surface area contributed by atoms with Crippen molar-refractivity contribution in [1.29, 1.82) is 0 Å². The van der Waals surface area contributed by atoms with E-state index in [0.717, 1.165) is 23.9 Å². The van der Waals surface area contributed by atoms with Crippen LogP contribution in [0.5, 0.6) is 0 Å². The van der Waals surface area contributed by atoms with E-state index in [-0.39, 0.29) is 22.9 Å². The first-order chi connectivity index (χ1) is 15.2. The van der Waals surface area contributed by atoms with E-state index in [9.17, 15) is 22.4 Å². The van der Waals surface area contributed by atoms with Crippen molar-refractivity contribution >= 4 is 33.7 Å². The van der Waals surface area contributed by atoms with Gasteiger partial charge in [0.1, 0.15) is 17.3 Å². The second-order valence-electron chi connectivity index (χ2n) is 6.60. The zero-order valence-electron chi connectivity index (χ0n) is 16.8. The van der Waals surface area contributed by atoms with E-state index in [1.165, 1.54) is 30.3 Å². The lowest BCUT2D eigenvalue weighted by molar-refractivity contribution is -0.136. The van der Waals surface area contributed by atoms with E-state index in [4.69, 9.17) is 4.42 Å². The highest BCUT2D eigenvalue weighted by Gasteiger charge is 2.15. The summed E-state index contributed by atoms with van der Waals surface area (Å²) >= 11 is 0. The van der Waals surface area contributed by atoms with Gasteiger partial charge in [-0.25, -0.2) is 23.0 Å². The fraction of sp³-hybridized carbons (Fsp3) is 0.0952. The molecule has 1 aromatic heterocycles. The van der Waals surface area contributed by atoms with Crippen molar-refractivity contribution in [3.63, 3.8) is 0 Å². The standard InChI is InChI=1S/C21H19FN4O5S/c1-14-2-10-19(11-3-14)32(29,30)24-13-18-9-8-17(31-18)12-23-26-21(28)20(27)25-16-6-4-15(22)5-7-16/h2-12,24H,13H2,1H3,(H,25,27)(H,26,28)/b23-12+. The lowest BCUT2D eigenvalue weighted by atomic mass is 10.2. The number of hydrazone groups is 1. The van der Waals surface area contributed by atoms with Crippen LogP contribution in [0.4, 0.5) is 10.1 Å². The number of furan rings is 1. The largest absolute Gasteiger partial charge is 0.459 e. The van der Waals surface area contributed by atoms with E-state index in [1.807, 2.05) is 12.3 Å². The molecule has 1 heterocycles. The number of anilines is 1. The number of carbonyl (C=O) groups excluding carboxylic acids is 2. The molecule has 9 nitrogen and oxygen atoms in total. The molecular weight excluding hydrogens is 439 g/mol. The van der Waals surface area contributed by atoms with Gasteiger partial charge < -0.3 is 9.73 Å². The molecule has 3 aromatic rings. The maximum absolute atomic E-state index is 12.9. The number of halogens is 1. The third kappa shape index (κ3) is 6.33. The van der Waals surface area contributed by atoms with E-state index < -0.39 is 27.7 Å². The van der Waals surface area contributed by atoms with Crippen molar-refractivity contribution < 1.29 is 26.8 Å². The van der Waals surface area contributed by atoms with Gasteiger partial charge in [0.25, 0.3) is 0 Å². The molecule has 0 radical (unpaired) electrons. The van der Waals surface area contributed by atoms with Gasteiger partial charge in [0.15, 0.2) is 0 Å². The number of rotatable bonds is 7. The molecule has 3 rings (SSSR count). The van der Waals surface area contributed by atoms with Gasteiger partial charge in [0.05, 0.1) is 17.7 Å². The molecule has 0 aliphatic carbocycles. The van der Waals surface area contributed by atoms with Crippen molar-refractivity contribution in [2.24, 2.45) is 5.10 Å². The first-order valence-corrected chi connectivity index (χ1v) is 10.8. The van der Waals surface area contributed by atoms with Crippen LogP contribution in [-0.2, 0) is 26.2 Å². The Labute approximate surface area is 183 Å². The Kier molecular flexibility index (Phi) is 7.13. The molecule has 32 heavy (non-hydrogen) atoms. The number of carbonyl (C=O) groups is 2. The molecule has 11 heteroatoms. The molecule has 2 aromatic carbocycles. The number of hydrogen-bond donors (Lipinski definition) is 3. The average Bonchev–Trinajstić information content (AvgIpc) is 3.22. The summed E-state index contributed by atoms with van der Waals surface area (Å²) in [5.74, 6) is -1.95. The third-order valence-corrected chi connectivity index (χ3v) is 5.53. The Morgan fingerprint density at radius 1 is 1.00 bits per heavy atom. The van der Waals surface area contributed by atoms with Gasteiger partial charge in [-0.2, -0.15) is 5.10 Å². The van der Waals surface area contributed by atoms with E-state index >= 15 is 0 Å². The van der Waals surface area contributed by atoms with E-state index in [1.54, 1.807) is 18.2 Å². The number of amides is 2. The maximum atomic E-state index is 12.9. The van der Waals surface area contributed by atoms with Crippen LogP contribution in [-0.4, -0.2) is 26.4 Å². The second kappa shape index (κ2) is 9.98. The number of hydrogen-bond acceptors (Lipinski definition) is 6. The average molecular weight is 458 g/mol. The van der Waals surface area contributed by atoms with Crippen LogP contribution in [0.15, 0.2) is 75.1 Å². The minimum Gasteiger partial charge on any atom is -0.459 e. The van der Waals surface area contributed by atoms with Crippen molar-refractivity contribution in [2.45, 2.75) is 18.4 Å². The minimum atomic E-state index is -3.70. The Bertz CT molecular complexity index is 1240. The van der Waals surface area contributed by atoms with Crippen LogP contribution in [0, 0.1) is 12.7 Å². The molecule has 0 unspecified atom stereocenters. The monoisotopic (exact) mass is 458 g/mol. The number of nitrogens with zero attached hydrogens (tertiary/aromatic N) is 1. The summed E-state index contributed by atoms with van der Waals surface area (Å²) in [7, 11) is -3.70. The number of aryl methyl sites for hydroxylation is 1. The highest BCUT2D eigenvalue weighted by atomic mass is 32.2. The Hall–Kier alpha value is -3.83. The molecule has 2 amide bonds. The molecule has 0 saturated carbocycles. The molecule has 0 aliphatic rings. The van der Waals surface area contributed by atoms with Gasteiger partial charge in [-0.3, -0.25) is 9.59 Å². The zero-order valence-corrected chi connectivity index (χ0v) is 17.6. The number of benzene rings is 2. The van der Waals surface area contributed by atoms with Crippen LogP contribution in [0.3, 0.4) is 0 Å². The predicted molar refractivity (Wildman–Crippen MR) is 115 cm³/mol. The normalized spacial score (nSPS) is 11.4. The minimum absolute atomic E-state index is 0.0868. The van der Waals surface area contributed by atoms with Gasteiger partial charge in [-0.1, -0.05) is 17.7 Å². The highest BCUT2D eigenvalue weighted by Crippen LogP contribution is 2.12. The zero-order chi connectivity index (χ0) is 23.1. The SMILES string of the molecule is Cc1ccc(S(=O)(=O)NCc2ccc(/C=N/NC(=O)C(=O)Nc3ccc(F)cc3)o2)cc1. The smallest absolute Gasteiger partial charge is 0.329 e. The lowest BCUT2D eigenvalue weighted by Gasteiger charge is -2.05. The fourth-order valence-corrected chi connectivity index (χ4v) is 3.45. The van der Waals surface area contributed by atoms with Crippen molar-refractivity contribution in [1.82, 2.24) is 10.1 Å². The molecule has 0 bridgehead atoms. The molecule has 0 aliphatic heterocycles. The van der Waals surface area contributed by atoms with E-state index in [0.29, 0.717) is 5.76 Å². The third-order valence-electron chi connectivity index (χ3n) is 4.12. The van der Waals surface area contributed by atoms with Crippen molar-refractivity contribution in [2.75, 3.05) is 5.32 Å². The summed E-state index contributed by atoms with van der Waals surface area (Å²) < 4.78 is 45.3. The molecule has 0 spiro atoms. The summed E-state index contributed by atoms with van der Waals surface area (Å²) in [6.45, 7) is 1.77. The predicted octanol–water partition coefficient (Wildman–Crippen LogP) is 2.29. The molecule has 3 N–H and O–H groups in total. The fourth-order valence-electron chi connectivity index (χ4n) is 2.45. The van der Waals surface area contributed by atoms with Crippen molar-refractivity contribution in [3.8, 4) is 0 Å². The van der Waals surface area contributed by atoms with Gasteiger partial charge in [-0.05, 0) is 55.5 Å². The van der Waals surface area contributed by atoms with Gasteiger partial charge in [0.2, 0.25) is 10.0 Å². The molecule has 0 saturated heterocycles. The topological polar surface area (TPSA) is 130 Å². The van der Waals surface area contributed by atoms with Gasteiger partial charge in [0, 0.05) is 5.69 Å². The van der Waals surface area contributed by atoms with Crippen LogP contribution in [0.2, 0.25) is 0 Å². The van der Waals surface area contributed by atoms with Crippen LogP contribution >= 0.6 is 0 Å². The summed E-state index contributed by atoms with van der Waals surface area (Å²) in [6.07, 6.45) is 1.15. The maximum Gasteiger partial charge on any atom is 0.329 e. The first kappa shape index (κ1) is 22.8. The van der Waals surface area contributed by atoms with Crippen molar-refractivity contribution in [3.05, 3.63) is 83.6 Å². The summed E-state index contributed by atoms with van der Waals surface area (Å²) in [4.78, 5) is 23.7. The number of nitrogens with one attached hydrogen (secondary N) is 3. The van der Waals surface area contributed by atoms with Gasteiger partial charge >= 0.3 is 11.8 Å². The van der Waals surface area contributed by atoms with Gasteiger partial charge in [-0.15, -0.1) is 0 Å². The Morgan fingerprint density at radius 3 is 2.38 bits per heavy atom. The molecular formula is C21H19FN4O5S. The molecule has 0 fully saturated rings. The molecule has 0 atom stereocenters. The highest BCUT2D eigenvalue weighted by molar-refractivity contribution is 7.89. The summed E-state index contributed by atoms with van der Waals surface area (Å²) in [6, 6.07) is 14.4. The summed E-state index contributed by atoms with van der Waals surface area (Å²) in [5.41, 5.74) is 3.22. The Morgan fingerprint density at radius 2 is 1.69 bits per heavy atom. The molecule has 166 valence electrons. The quantitative estimate of drug-likeness (QED) is 0.284. The van der Waals surface area contributed by atoms with Crippen LogP contribution in [0.1, 0.15) is 17.1 Å². The first-order valence-electron chi connectivity index (χ1n) is 9.28. The van der Waals surface area contributed by atoms with Crippen LogP contribution in [0.25, 0.3) is 0 Å². The van der Waals surface area contributed by atoms with Crippen LogP contribution < -0.4 is 15.5 Å².